The predicted molar refractivity (Wildman–Crippen MR) is 130 cm³/mol. The van der Waals surface area contributed by atoms with Crippen LogP contribution in [0.3, 0.4) is 0 Å². The number of benzene rings is 3. The first-order chi connectivity index (χ1) is 16.1. The summed E-state index contributed by atoms with van der Waals surface area (Å²) >= 11 is 0. The second-order valence-electron chi connectivity index (χ2n) is 8.77. The second kappa shape index (κ2) is 11.0. The van der Waals surface area contributed by atoms with Crippen molar-refractivity contribution in [1.29, 1.82) is 0 Å². The minimum absolute atomic E-state index is 0.119. The lowest BCUT2D eigenvalue weighted by molar-refractivity contribution is -0.160. The highest BCUT2D eigenvalue weighted by atomic mass is 16.5. The molecule has 0 aliphatic carbocycles. The van der Waals surface area contributed by atoms with E-state index in [0.717, 1.165) is 31.2 Å². The molecule has 4 rings (SSSR count). The topological polar surface area (TPSA) is 46.6 Å². The molecule has 3 aromatic carbocycles. The number of esters is 1. The van der Waals surface area contributed by atoms with Crippen LogP contribution in [-0.2, 0) is 20.7 Å². The zero-order chi connectivity index (χ0) is 23.0. The molecule has 1 amide bonds. The Morgan fingerprint density at radius 2 is 1.42 bits per heavy atom. The lowest BCUT2D eigenvalue weighted by Gasteiger charge is -2.34. The Morgan fingerprint density at radius 1 is 0.848 bits per heavy atom. The molecule has 4 heteroatoms. The predicted octanol–water partition coefficient (Wildman–Crippen LogP) is 5.83. The molecule has 1 aliphatic heterocycles. The Bertz CT molecular complexity index is 1040. The Labute approximate surface area is 196 Å². The van der Waals surface area contributed by atoms with Crippen molar-refractivity contribution in [2.45, 2.75) is 38.7 Å². The fourth-order valence-electron chi connectivity index (χ4n) is 4.53. The Hall–Kier alpha value is -3.40. The minimum atomic E-state index is -0.858. The van der Waals surface area contributed by atoms with Crippen LogP contribution in [0.25, 0.3) is 11.1 Å². The average molecular weight is 442 g/mol. The van der Waals surface area contributed by atoms with Crippen LogP contribution in [0.4, 0.5) is 0 Å². The van der Waals surface area contributed by atoms with E-state index in [4.69, 9.17) is 4.74 Å². The normalized spacial score (nSPS) is 15.1. The first-order valence-electron chi connectivity index (χ1n) is 11.8. The van der Waals surface area contributed by atoms with Gasteiger partial charge in [0.2, 0.25) is 6.10 Å². The number of hydrogen-bond donors (Lipinski definition) is 0. The first-order valence-corrected chi connectivity index (χ1v) is 11.8. The number of carbonyl (C=O) groups is 2. The molecule has 1 aliphatic rings. The third kappa shape index (κ3) is 6.10. The summed E-state index contributed by atoms with van der Waals surface area (Å²) in [7, 11) is 0. The number of aryl methyl sites for hydroxylation is 1. The highest BCUT2D eigenvalue weighted by molar-refractivity contribution is 5.84. The Morgan fingerprint density at radius 3 is 2.03 bits per heavy atom. The van der Waals surface area contributed by atoms with E-state index in [-0.39, 0.29) is 5.91 Å². The zero-order valence-corrected chi connectivity index (χ0v) is 19.2. The molecule has 0 bridgehead atoms. The lowest BCUT2D eigenvalue weighted by Crippen LogP contribution is -2.42. The summed E-state index contributed by atoms with van der Waals surface area (Å²) in [5.41, 5.74) is 4.56. The van der Waals surface area contributed by atoms with Crippen LogP contribution < -0.4 is 0 Å². The van der Waals surface area contributed by atoms with E-state index < -0.39 is 12.1 Å². The molecule has 170 valence electrons. The molecular formula is C29H31NO3. The number of nitrogens with zero attached hydrogens (tertiary/aromatic N) is 1. The van der Waals surface area contributed by atoms with Gasteiger partial charge < -0.3 is 9.64 Å². The first kappa shape index (κ1) is 22.8. The van der Waals surface area contributed by atoms with Crippen LogP contribution >= 0.6 is 0 Å². The highest BCUT2D eigenvalue weighted by Gasteiger charge is 2.31. The van der Waals surface area contributed by atoms with E-state index >= 15 is 0 Å². The van der Waals surface area contributed by atoms with E-state index in [2.05, 4.69) is 48.5 Å². The van der Waals surface area contributed by atoms with Gasteiger partial charge in [-0.1, -0.05) is 84.9 Å². The van der Waals surface area contributed by atoms with E-state index in [1.807, 2.05) is 41.3 Å². The Kier molecular flexibility index (Phi) is 7.56. The van der Waals surface area contributed by atoms with E-state index in [1.54, 1.807) is 0 Å². The van der Waals surface area contributed by atoms with Crippen LogP contribution in [0.1, 0.15) is 43.4 Å². The number of carbonyl (C=O) groups excluding carboxylic acids is 2. The van der Waals surface area contributed by atoms with E-state index in [1.165, 1.54) is 23.6 Å². The van der Waals surface area contributed by atoms with Crippen molar-refractivity contribution >= 4 is 11.9 Å². The maximum atomic E-state index is 13.1. The molecule has 1 atom stereocenters. The van der Waals surface area contributed by atoms with E-state index in [0.29, 0.717) is 19.0 Å². The van der Waals surface area contributed by atoms with Crippen molar-refractivity contribution < 1.29 is 14.3 Å². The summed E-state index contributed by atoms with van der Waals surface area (Å²) in [4.78, 5) is 26.6. The molecule has 0 unspecified atom stereocenters. The number of ether oxygens (including phenoxy) is 1. The fraction of sp³-hybridized carbons (Fsp3) is 0.310. The zero-order valence-electron chi connectivity index (χ0n) is 19.2. The van der Waals surface area contributed by atoms with Crippen LogP contribution in [0.15, 0.2) is 84.9 Å². The van der Waals surface area contributed by atoms with Crippen molar-refractivity contribution in [3.8, 4) is 11.1 Å². The van der Waals surface area contributed by atoms with Crippen molar-refractivity contribution in [2.24, 2.45) is 5.92 Å². The molecule has 0 spiro atoms. The summed E-state index contributed by atoms with van der Waals surface area (Å²) in [5, 5.41) is 0. The van der Waals surface area contributed by atoms with Gasteiger partial charge in [-0.25, -0.2) is 0 Å². The van der Waals surface area contributed by atoms with E-state index in [9.17, 15) is 9.59 Å². The van der Waals surface area contributed by atoms with Gasteiger partial charge in [-0.2, -0.15) is 0 Å². The van der Waals surface area contributed by atoms with Crippen molar-refractivity contribution in [2.75, 3.05) is 13.1 Å². The molecule has 0 N–H and O–H groups in total. The largest absolute Gasteiger partial charge is 0.447 e. The third-order valence-electron chi connectivity index (χ3n) is 6.44. The maximum Gasteiger partial charge on any atom is 0.303 e. The van der Waals surface area contributed by atoms with Gasteiger partial charge in [-0.3, -0.25) is 9.59 Å². The molecule has 1 saturated heterocycles. The summed E-state index contributed by atoms with van der Waals surface area (Å²) in [6.07, 6.45) is 3.28. The average Bonchev–Trinajstić information content (AvgIpc) is 2.87. The van der Waals surface area contributed by atoms with Gasteiger partial charge in [0.25, 0.3) is 5.91 Å². The molecule has 4 nitrogen and oxygen atoms in total. The van der Waals surface area contributed by atoms with Gasteiger partial charge in [0, 0.05) is 25.6 Å². The molecule has 33 heavy (non-hydrogen) atoms. The van der Waals surface area contributed by atoms with Crippen molar-refractivity contribution in [3.63, 3.8) is 0 Å². The van der Waals surface area contributed by atoms with Gasteiger partial charge in [-0.05, 0) is 48.3 Å². The smallest absolute Gasteiger partial charge is 0.303 e. The number of rotatable bonds is 7. The van der Waals surface area contributed by atoms with Crippen LogP contribution in [0.5, 0.6) is 0 Å². The minimum Gasteiger partial charge on any atom is -0.447 e. The van der Waals surface area contributed by atoms with Gasteiger partial charge in [0.1, 0.15) is 0 Å². The SMILES string of the molecule is CC(=O)O[C@H](C(=O)N1CCC(CCc2ccc(-c3ccccc3)cc2)CC1)c1ccccc1. The number of likely N-dealkylation sites (tertiary alicyclic amines) is 1. The molecule has 3 aromatic rings. The lowest BCUT2D eigenvalue weighted by atomic mass is 9.90. The highest BCUT2D eigenvalue weighted by Crippen LogP contribution is 2.27. The molecule has 0 saturated carbocycles. The van der Waals surface area contributed by atoms with Gasteiger partial charge in [0.15, 0.2) is 0 Å². The number of hydrogen-bond acceptors (Lipinski definition) is 3. The van der Waals surface area contributed by atoms with Crippen LogP contribution in [-0.4, -0.2) is 29.9 Å². The van der Waals surface area contributed by atoms with Crippen molar-refractivity contribution in [1.82, 2.24) is 4.90 Å². The maximum absolute atomic E-state index is 13.1. The summed E-state index contributed by atoms with van der Waals surface area (Å²) in [6, 6.07) is 28.6. The summed E-state index contributed by atoms with van der Waals surface area (Å²) in [6.45, 7) is 2.77. The van der Waals surface area contributed by atoms with Crippen molar-refractivity contribution in [3.05, 3.63) is 96.1 Å². The Balaban J connectivity index is 1.28. The quantitative estimate of drug-likeness (QED) is 0.434. The van der Waals surface area contributed by atoms with Crippen LogP contribution in [0, 0.1) is 5.92 Å². The second-order valence-corrected chi connectivity index (χ2v) is 8.77. The van der Waals surface area contributed by atoms with Crippen LogP contribution in [0.2, 0.25) is 0 Å². The molecule has 0 radical (unpaired) electrons. The molecule has 1 fully saturated rings. The standard InChI is InChI=1S/C29H31NO3/c1-22(31)33-28(27-10-6-3-7-11-27)29(32)30-20-18-24(19-21-30)13-12-23-14-16-26(17-15-23)25-8-4-2-5-9-25/h2-11,14-17,24,28H,12-13,18-21H2,1H3/t28-/m0/s1. The number of amides is 1. The molecule has 1 heterocycles. The monoisotopic (exact) mass is 441 g/mol. The summed E-state index contributed by atoms with van der Waals surface area (Å²) < 4.78 is 5.40. The molecular weight excluding hydrogens is 410 g/mol. The third-order valence-corrected chi connectivity index (χ3v) is 6.44. The van der Waals surface area contributed by atoms with Gasteiger partial charge in [0.05, 0.1) is 0 Å². The van der Waals surface area contributed by atoms with Gasteiger partial charge in [-0.15, -0.1) is 0 Å². The number of piperidine rings is 1. The molecule has 0 aromatic heterocycles. The summed E-state index contributed by atoms with van der Waals surface area (Å²) in [5.74, 6) is 0.0449. The van der Waals surface area contributed by atoms with Gasteiger partial charge >= 0.3 is 5.97 Å². The fourth-order valence-corrected chi connectivity index (χ4v) is 4.53.